The van der Waals surface area contributed by atoms with Crippen LogP contribution in [-0.2, 0) is 35.1 Å². The van der Waals surface area contributed by atoms with Crippen LogP contribution in [0.2, 0.25) is 0 Å². The molecule has 0 N–H and O–H groups in total. The zero-order chi connectivity index (χ0) is 33.8. The van der Waals surface area contributed by atoms with Crippen molar-refractivity contribution in [2.24, 2.45) is 11.3 Å². The molecule has 1 unspecified atom stereocenters. The third-order valence-electron chi connectivity index (χ3n) is 9.92. The second-order valence-corrected chi connectivity index (χ2v) is 16.6. The maximum Gasteiger partial charge on any atom is -1.00 e. The van der Waals surface area contributed by atoms with Crippen LogP contribution >= 0.6 is 0 Å². The summed E-state index contributed by atoms with van der Waals surface area (Å²) in [4.78, 5) is 0. The van der Waals surface area contributed by atoms with E-state index in [0.29, 0.717) is 11.3 Å². The molecule has 0 saturated carbocycles. The predicted octanol–water partition coefficient (Wildman–Crippen LogP) is 6.55. The number of benzene rings is 3. The van der Waals surface area contributed by atoms with E-state index < -0.39 is 0 Å². The van der Waals surface area contributed by atoms with Crippen molar-refractivity contribution in [2.45, 2.75) is 100 Å². The van der Waals surface area contributed by atoms with Crippen LogP contribution in [0, 0.1) is 24.3 Å². The molecule has 3 heteroatoms. The normalized spacial score (nSPS) is 18.1. The van der Waals surface area contributed by atoms with Crippen LogP contribution in [0.3, 0.4) is 0 Å². The van der Waals surface area contributed by atoms with Crippen LogP contribution in [0.25, 0.3) is 32.7 Å². The zero-order valence-corrected chi connectivity index (χ0v) is 35.0. The van der Waals surface area contributed by atoms with Gasteiger partial charge in [-0.3, -0.25) is 6.08 Å². The molecule has 4 aromatic rings. The molecule has 252 valence electrons. The average molecular weight is 755 g/mol. The molecule has 4 aromatic carbocycles. The van der Waals surface area contributed by atoms with E-state index in [1.54, 1.807) is 0 Å². The molecular formula is C45H52Cl2Zr-2. The van der Waals surface area contributed by atoms with Crippen molar-refractivity contribution in [1.82, 2.24) is 0 Å². The van der Waals surface area contributed by atoms with E-state index in [4.69, 9.17) is 0 Å². The van der Waals surface area contributed by atoms with Gasteiger partial charge < -0.3 is 24.8 Å². The van der Waals surface area contributed by atoms with E-state index >= 15 is 0 Å². The Bertz CT molecular complexity index is 1860. The monoisotopic (exact) mass is 752 g/mol. The fourth-order valence-corrected chi connectivity index (χ4v) is 8.09. The van der Waals surface area contributed by atoms with Crippen molar-refractivity contribution >= 4 is 36.4 Å². The number of allylic oxidation sites excluding steroid dienone is 8. The van der Waals surface area contributed by atoms with Gasteiger partial charge in [0.05, 0.1) is 0 Å². The quantitative estimate of drug-likeness (QED) is 0.204. The van der Waals surface area contributed by atoms with E-state index in [0.717, 1.165) is 6.42 Å². The molecule has 0 amide bonds. The fourth-order valence-electron chi connectivity index (χ4n) is 7.62. The van der Waals surface area contributed by atoms with Gasteiger partial charge in [0.2, 0.25) is 0 Å². The Morgan fingerprint density at radius 1 is 0.792 bits per heavy atom. The molecule has 0 spiro atoms. The van der Waals surface area contributed by atoms with Crippen molar-refractivity contribution < 1.29 is 49.0 Å². The Hall–Kier alpha value is -2.18. The van der Waals surface area contributed by atoms with Crippen molar-refractivity contribution in [3.63, 3.8) is 0 Å². The summed E-state index contributed by atoms with van der Waals surface area (Å²) < 4.78 is 2.19. The molecule has 1 atom stereocenters. The van der Waals surface area contributed by atoms with Crippen molar-refractivity contribution in [2.75, 3.05) is 0 Å². The molecule has 48 heavy (non-hydrogen) atoms. The molecule has 0 fully saturated rings. The fraction of sp³-hybridized carbons (Fsp3) is 0.378. The summed E-state index contributed by atoms with van der Waals surface area (Å²) in [6, 6.07) is 20.7. The number of hydrogen-bond acceptors (Lipinski definition) is 0. The Kier molecular flexibility index (Phi) is 12.6. The van der Waals surface area contributed by atoms with Gasteiger partial charge in [0.25, 0.3) is 0 Å². The smallest absolute Gasteiger partial charge is 1.00 e. The number of aryl methyl sites for hydroxylation is 1. The van der Waals surface area contributed by atoms with Crippen LogP contribution in [0.15, 0.2) is 84.0 Å². The molecule has 0 heterocycles. The van der Waals surface area contributed by atoms with Gasteiger partial charge in [-0.05, 0) is 36.1 Å². The summed E-state index contributed by atoms with van der Waals surface area (Å²) in [6.45, 7) is 27.1. The van der Waals surface area contributed by atoms with Crippen molar-refractivity contribution in [3.05, 3.63) is 123 Å². The molecule has 3 aliphatic carbocycles. The number of hydrogen-bond donors (Lipinski definition) is 0. The minimum Gasteiger partial charge on any atom is -1.00 e. The molecule has 0 nitrogen and oxygen atoms in total. The van der Waals surface area contributed by atoms with E-state index in [-0.39, 0.29) is 35.6 Å². The van der Waals surface area contributed by atoms with E-state index in [9.17, 15) is 0 Å². The molecule has 3 aliphatic rings. The SMILES string of the molecule is CC1=CC(C)(C)c2cc3[cH-]c4cc5c(cc4c3cc21)C(C)=CC5(C)C.CCC1=[C-]C(C)C=C1C(C)(C)C.Cc1ccc([CH]=[Zr+2])cc1.[Cl-].[Cl-]. The van der Waals surface area contributed by atoms with Crippen LogP contribution < -0.4 is 24.8 Å². The van der Waals surface area contributed by atoms with Gasteiger partial charge in [0.1, 0.15) is 0 Å². The van der Waals surface area contributed by atoms with Gasteiger partial charge in [-0.2, -0.15) is 11.6 Å². The number of fused-ring (bicyclic) bond motifs is 5. The molecule has 0 aliphatic heterocycles. The summed E-state index contributed by atoms with van der Waals surface area (Å²) in [7, 11) is 0. The number of rotatable bonds is 2. The van der Waals surface area contributed by atoms with Crippen molar-refractivity contribution in [1.29, 1.82) is 0 Å². The largest absolute Gasteiger partial charge is 1.00 e. The summed E-state index contributed by atoms with van der Waals surface area (Å²) in [5.74, 6) is 0.522. The first-order valence-electron chi connectivity index (χ1n) is 17.0. The minimum atomic E-state index is 0. The molecule has 7 rings (SSSR count). The summed E-state index contributed by atoms with van der Waals surface area (Å²) in [5.41, 5.74) is 14.8. The van der Waals surface area contributed by atoms with Crippen molar-refractivity contribution in [3.8, 4) is 0 Å². The van der Waals surface area contributed by atoms with Gasteiger partial charge in [-0.1, -0.05) is 115 Å². The van der Waals surface area contributed by atoms with E-state index in [2.05, 4.69) is 166 Å². The maximum atomic E-state index is 3.48. The standard InChI is InChI=1S/C25H25.C12H19.C8H8.2ClH.Zr/c1-14-12-24(3,4)22-8-16-7-17-9-23-19(15(2)13-25(23,5)6)11-21(17)20(16)10-18(14)22;1-6-10-7-9(2)8-11(10)12(3,4)5;1-7-3-5-8(2)6-4-7;;;/h7-13H,1-6H3;8-9H,6H2,1-5H3;1,3-6H,2H3;2*1H;/q2*-1;;;;+2/p-2. The molecule has 0 aromatic heterocycles. The van der Waals surface area contributed by atoms with Gasteiger partial charge in [0, 0.05) is 10.8 Å². The first-order valence-corrected chi connectivity index (χ1v) is 18.4. The van der Waals surface area contributed by atoms with Crippen LogP contribution in [0.1, 0.15) is 116 Å². The Balaban J connectivity index is 0.000000228. The molecule has 0 saturated heterocycles. The van der Waals surface area contributed by atoms with E-state index in [1.165, 1.54) is 101 Å². The van der Waals surface area contributed by atoms with Gasteiger partial charge in [-0.15, -0.1) is 39.7 Å². The predicted molar refractivity (Wildman–Crippen MR) is 200 cm³/mol. The Morgan fingerprint density at radius 2 is 1.25 bits per heavy atom. The topological polar surface area (TPSA) is 0 Å². The maximum absolute atomic E-state index is 3.48. The minimum absolute atomic E-state index is 0. The van der Waals surface area contributed by atoms with Gasteiger partial charge in [0.15, 0.2) is 0 Å². The average Bonchev–Trinajstić information content (AvgIpc) is 3.67. The Morgan fingerprint density at radius 3 is 1.62 bits per heavy atom. The zero-order valence-electron chi connectivity index (χ0n) is 31.0. The second kappa shape index (κ2) is 15.0. The van der Waals surface area contributed by atoms with Crippen LogP contribution in [0.5, 0.6) is 0 Å². The molecule has 0 bridgehead atoms. The molecular weight excluding hydrogens is 703 g/mol. The Labute approximate surface area is 318 Å². The number of halogens is 2. The third-order valence-corrected chi connectivity index (χ3v) is 10.7. The van der Waals surface area contributed by atoms with Gasteiger partial charge >= 0.3 is 70.3 Å². The first kappa shape index (κ1) is 40.3. The second-order valence-electron chi connectivity index (χ2n) is 15.9. The van der Waals surface area contributed by atoms with Crippen LogP contribution in [-0.4, -0.2) is 3.71 Å². The van der Waals surface area contributed by atoms with Gasteiger partial charge in [-0.25, -0.2) is 5.57 Å². The first-order chi connectivity index (χ1) is 21.4. The third kappa shape index (κ3) is 8.06. The summed E-state index contributed by atoms with van der Waals surface area (Å²) in [5, 5.41) is 5.57. The molecule has 0 radical (unpaired) electrons. The van der Waals surface area contributed by atoms with Crippen LogP contribution in [0.4, 0.5) is 0 Å². The summed E-state index contributed by atoms with van der Waals surface area (Å²) in [6.07, 6.45) is 11.8. The van der Waals surface area contributed by atoms with E-state index in [1.807, 2.05) is 0 Å². The summed E-state index contributed by atoms with van der Waals surface area (Å²) >= 11 is 1.47.